The minimum absolute atomic E-state index is 0.0306. The van der Waals surface area contributed by atoms with E-state index in [2.05, 4.69) is 40.8 Å². The number of likely N-dealkylation sites (tertiary alicyclic amines) is 1. The number of aromatic nitrogens is 2. The largest absolute Gasteiger partial charge is 0.352 e. The van der Waals surface area contributed by atoms with Crippen molar-refractivity contribution in [3.63, 3.8) is 0 Å². The Labute approximate surface area is 146 Å². The number of amides is 1. The molecule has 5 heteroatoms. The number of nitrogens with one attached hydrogen (secondary N) is 1. The lowest BCUT2D eigenvalue weighted by molar-refractivity contribution is -0.116. The van der Waals surface area contributed by atoms with Gasteiger partial charge in [-0.3, -0.25) is 14.4 Å². The zero-order valence-corrected chi connectivity index (χ0v) is 15.9. The Morgan fingerprint density at radius 1 is 1.38 bits per heavy atom. The molecule has 0 radical (unpaired) electrons. The first-order chi connectivity index (χ1) is 11.4. The summed E-state index contributed by atoms with van der Waals surface area (Å²) in [7, 11) is 0. The van der Waals surface area contributed by atoms with Crippen LogP contribution in [0.3, 0.4) is 0 Å². The zero-order valence-electron chi connectivity index (χ0n) is 15.9. The minimum atomic E-state index is 0.0306. The molecular weight excluding hydrogens is 300 g/mol. The van der Waals surface area contributed by atoms with Crippen molar-refractivity contribution < 1.29 is 4.79 Å². The fraction of sp³-hybridized carbons (Fsp3) is 0.684. The molecule has 1 fully saturated rings. The molecule has 1 aromatic rings. The van der Waals surface area contributed by atoms with E-state index in [1.54, 1.807) is 6.08 Å². The molecule has 1 atom stereocenters. The highest BCUT2D eigenvalue weighted by Crippen LogP contribution is 2.21. The molecule has 0 bridgehead atoms. The molecule has 1 N–H and O–H groups in total. The molecule has 134 valence electrons. The second-order valence-corrected chi connectivity index (χ2v) is 7.18. The quantitative estimate of drug-likeness (QED) is 0.815. The number of piperidine rings is 1. The van der Waals surface area contributed by atoms with Crippen molar-refractivity contribution in [1.82, 2.24) is 20.0 Å². The molecule has 1 saturated heterocycles. The molecule has 1 aliphatic rings. The van der Waals surface area contributed by atoms with Crippen LogP contribution in [0.15, 0.2) is 11.6 Å². The monoisotopic (exact) mass is 332 g/mol. The molecular formula is C19H32N4O. The Morgan fingerprint density at radius 3 is 2.75 bits per heavy atom. The van der Waals surface area contributed by atoms with E-state index in [4.69, 9.17) is 0 Å². The average molecular weight is 332 g/mol. The predicted octanol–water partition coefficient (Wildman–Crippen LogP) is 2.81. The molecule has 0 spiro atoms. The van der Waals surface area contributed by atoms with Gasteiger partial charge in [0.2, 0.25) is 5.91 Å². The van der Waals surface area contributed by atoms with E-state index < -0.39 is 0 Å². The lowest BCUT2D eigenvalue weighted by Gasteiger charge is -2.32. The van der Waals surface area contributed by atoms with E-state index >= 15 is 0 Å². The third-order valence-corrected chi connectivity index (χ3v) is 4.80. The van der Waals surface area contributed by atoms with Crippen LogP contribution >= 0.6 is 0 Å². The number of carbonyl (C=O) groups excluding carboxylic acids is 1. The van der Waals surface area contributed by atoms with Gasteiger partial charge in [-0.1, -0.05) is 5.57 Å². The summed E-state index contributed by atoms with van der Waals surface area (Å²) in [6.45, 7) is 15.1. The molecule has 1 amide bonds. The van der Waals surface area contributed by atoms with E-state index in [0.717, 1.165) is 44.0 Å². The van der Waals surface area contributed by atoms with Crippen molar-refractivity contribution in [2.75, 3.05) is 19.6 Å². The predicted molar refractivity (Wildman–Crippen MR) is 97.8 cm³/mol. The van der Waals surface area contributed by atoms with Crippen molar-refractivity contribution in [1.29, 1.82) is 0 Å². The van der Waals surface area contributed by atoms with Crippen LogP contribution in [0.25, 0.3) is 0 Å². The summed E-state index contributed by atoms with van der Waals surface area (Å²) in [5, 5.41) is 7.67. The summed E-state index contributed by atoms with van der Waals surface area (Å²) in [4.78, 5) is 14.3. The van der Waals surface area contributed by atoms with Gasteiger partial charge in [-0.15, -0.1) is 0 Å². The topological polar surface area (TPSA) is 50.2 Å². The molecule has 0 aromatic carbocycles. The smallest absolute Gasteiger partial charge is 0.243 e. The second-order valence-electron chi connectivity index (χ2n) is 7.18. The van der Waals surface area contributed by atoms with Gasteiger partial charge in [-0.25, -0.2) is 0 Å². The molecule has 2 rings (SSSR count). The number of nitrogens with zero attached hydrogens (tertiary/aromatic N) is 3. The highest BCUT2D eigenvalue weighted by atomic mass is 16.1. The standard InChI is InChI=1S/C19H32N4O/c1-6-23-16(5)18(15(4)21-23)13-22-9-7-8-17(12-22)11-20-19(24)10-14(2)3/h10,17H,6-9,11-13H2,1-5H3,(H,20,24). The van der Waals surface area contributed by atoms with E-state index in [-0.39, 0.29) is 5.91 Å². The number of aryl methyl sites for hydroxylation is 2. The Bertz CT molecular complexity index is 599. The Kier molecular flexibility index (Phi) is 6.60. The first-order valence-electron chi connectivity index (χ1n) is 9.08. The number of hydrogen-bond donors (Lipinski definition) is 1. The van der Waals surface area contributed by atoms with E-state index in [1.807, 2.05) is 13.8 Å². The first kappa shape index (κ1) is 18.7. The van der Waals surface area contributed by atoms with Crippen molar-refractivity contribution in [2.45, 2.75) is 60.5 Å². The Morgan fingerprint density at radius 2 is 2.12 bits per heavy atom. The van der Waals surface area contributed by atoms with Crippen LogP contribution in [0, 0.1) is 19.8 Å². The number of rotatable bonds is 6. The summed E-state index contributed by atoms with van der Waals surface area (Å²) in [6, 6.07) is 0. The lowest BCUT2D eigenvalue weighted by atomic mass is 9.97. The molecule has 24 heavy (non-hydrogen) atoms. The highest BCUT2D eigenvalue weighted by molar-refractivity contribution is 5.87. The van der Waals surface area contributed by atoms with Gasteiger partial charge in [0.15, 0.2) is 0 Å². The van der Waals surface area contributed by atoms with Crippen molar-refractivity contribution >= 4 is 5.91 Å². The maximum Gasteiger partial charge on any atom is 0.243 e. The summed E-state index contributed by atoms with van der Waals surface area (Å²) in [6.07, 6.45) is 4.06. The van der Waals surface area contributed by atoms with Crippen LogP contribution < -0.4 is 5.32 Å². The van der Waals surface area contributed by atoms with Gasteiger partial charge >= 0.3 is 0 Å². The Hall–Kier alpha value is -1.62. The van der Waals surface area contributed by atoms with Crippen LogP contribution in [0.2, 0.25) is 0 Å². The van der Waals surface area contributed by atoms with Crippen molar-refractivity contribution in [3.8, 4) is 0 Å². The van der Waals surface area contributed by atoms with Gasteiger partial charge in [-0.05, 0) is 59.9 Å². The highest BCUT2D eigenvalue weighted by Gasteiger charge is 2.22. The van der Waals surface area contributed by atoms with Crippen LogP contribution in [0.1, 0.15) is 50.6 Å². The van der Waals surface area contributed by atoms with Gasteiger partial charge < -0.3 is 5.32 Å². The number of hydrogen-bond acceptors (Lipinski definition) is 3. The normalized spacial score (nSPS) is 18.5. The molecule has 1 unspecified atom stereocenters. The van der Waals surface area contributed by atoms with Gasteiger partial charge in [0.25, 0.3) is 0 Å². The SMILES string of the molecule is CCn1nc(C)c(CN2CCCC(CNC(=O)C=C(C)C)C2)c1C. The van der Waals surface area contributed by atoms with Gasteiger partial charge in [0.05, 0.1) is 5.69 Å². The second kappa shape index (κ2) is 8.47. The summed E-state index contributed by atoms with van der Waals surface area (Å²) < 4.78 is 2.09. The molecule has 1 aliphatic heterocycles. The van der Waals surface area contributed by atoms with E-state index in [0.29, 0.717) is 5.92 Å². The first-order valence-corrected chi connectivity index (χ1v) is 9.08. The number of carbonyl (C=O) groups is 1. The average Bonchev–Trinajstić information content (AvgIpc) is 2.80. The van der Waals surface area contributed by atoms with Crippen molar-refractivity contribution in [2.24, 2.45) is 5.92 Å². The Balaban J connectivity index is 1.90. The molecule has 5 nitrogen and oxygen atoms in total. The summed E-state index contributed by atoms with van der Waals surface area (Å²) in [5.74, 6) is 0.568. The van der Waals surface area contributed by atoms with E-state index in [1.165, 1.54) is 24.1 Å². The maximum absolute atomic E-state index is 11.8. The summed E-state index contributed by atoms with van der Waals surface area (Å²) >= 11 is 0. The van der Waals surface area contributed by atoms with Crippen molar-refractivity contribution in [3.05, 3.63) is 28.6 Å². The van der Waals surface area contributed by atoms with Gasteiger partial charge in [0.1, 0.15) is 0 Å². The third kappa shape index (κ3) is 4.94. The molecule has 0 saturated carbocycles. The molecule has 0 aliphatic carbocycles. The van der Waals surface area contributed by atoms with Crippen LogP contribution in [0.4, 0.5) is 0 Å². The van der Waals surface area contributed by atoms with Crippen LogP contribution in [-0.2, 0) is 17.9 Å². The van der Waals surface area contributed by atoms with Crippen LogP contribution in [-0.4, -0.2) is 40.2 Å². The fourth-order valence-corrected chi connectivity index (χ4v) is 3.51. The summed E-state index contributed by atoms with van der Waals surface area (Å²) in [5.41, 5.74) is 4.84. The maximum atomic E-state index is 11.8. The zero-order chi connectivity index (χ0) is 17.7. The number of allylic oxidation sites excluding steroid dienone is 1. The lowest BCUT2D eigenvalue weighted by Crippen LogP contribution is -2.40. The molecule has 1 aromatic heterocycles. The van der Waals surface area contributed by atoms with Crippen LogP contribution in [0.5, 0.6) is 0 Å². The fourth-order valence-electron chi connectivity index (χ4n) is 3.51. The van der Waals surface area contributed by atoms with Gasteiger partial charge in [-0.2, -0.15) is 5.10 Å². The van der Waals surface area contributed by atoms with Gasteiger partial charge in [0, 0.05) is 43.5 Å². The third-order valence-electron chi connectivity index (χ3n) is 4.80. The molecule has 2 heterocycles. The van der Waals surface area contributed by atoms with E-state index in [9.17, 15) is 4.79 Å². The minimum Gasteiger partial charge on any atom is -0.352 e.